The quantitative estimate of drug-likeness (QED) is 0.611. The first-order chi connectivity index (χ1) is 14.5. The van der Waals surface area contributed by atoms with Gasteiger partial charge in [-0.1, -0.05) is 23.7 Å². The van der Waals surface area contributed by atoms with Gasteiger partial charge in [0.1, 0.15) is 5.76 Å². The maximum Gasteiger partial charge on any atom is 0.321 e. The lowest BCUT2D eigenvalue weighted by Crippen LogP contribution is -2.52. The Kier molecular flexibility index (Phi) is 7.83. The molecule has 3 N–H and O–H groups in total. The zero-order valence-electron chi connectivity index (χ0n) is 16.4. The Bertz CT molecular complexity index is 866. The molecule has 160 valence electrons. The highest BCUT2D eigenvalue weighted by atomic mass is 35.5. The number of carbonyl (C=O) groups excluding carboxylic acids is 3. The first kappa shape index (κ1) is 21.8. The number of halogens is 1. The summed E-state index contributed by atoms with van der Waals surface area (Å²) < 4.78 is 5.11. The van der Waals surface area contributed by atoms with Gasteiger partial charge in [0.2, 0.25) is 11.8 Å². The fraction of sp³-hybridized carbons (Fsp3) is 0.350. The van der Waals surface area contributed by atoms with Crippen molar-refractivity contribution in [1.82, 2.24) is 20.4 Å². The van der Waals surface area contributed by atoms with Crippen LogP contribution in [0.15, 0.2) is 47.1 Å². The van der Waals surface area contributed by atoms with Crippen molar-refractivity contribution in [1.29, 1.82) is 0 Å². The number of hydrogen-bond acceptors (Lipinski definition) is 6. The highest BCUT2D eigenvalue weighted by Crippen LogP contribution is 2.20. The highest BCUT2D eigenvalue weighted by Gasteiger charge is 2.21. The van der Waals surface area contributed by atoms with E-state index in [1.165, 1.54) is 6.26 Å². The van der Waals surface area contributed by atoms with Crippen LogP contribution in [-0.4, -0.2) is 66.9 Å². The number of nitrogens with one attached hydrogen (secondary N) is 3. The third kappa shape index (κ3) is 6.87. The third-order valence-corrected chi connectivity index (χ3v) is 4.93. The van der Waals surface area contributed by atoms with E-state index in [-0.39, 0.29) is 31.4 Å². The average molecular weight is 434 g/mol. The van der Waals surface area contributed by atoms with Crippen LogP contribution in [0.2, 0.25) is 5.02 Å². The van der Waals surface area contributed by atoms with E-state index in [2.05, 4.69) is 16.0 Å². The number of rotatable bonds is 7. The van der Waals surface area contributed by atoms with Gasteiger partial charge < -0.3 is 15.1 Å². The van der Waals surface area contributed by atoms with E-state index >= 15 is 0 Å². The van der Waals surface area contributed by atoms with E-state index < -0.39 is 6.03 Å². The number of urea groups is 1. The predicted molar refractivity (Wildman–Crippen MR) is 112 cm³/mol. The SMILES string of the molecule is O=C(CN1CCN(CC(=O)Nc2ccccc2Cl)CC1)NC(=O)NCc1ccco1. The number of piperazine rings is 1. The number of hydrogen-bond donors (Lipinski definition) is 3. The molecule has 0 unspecified atom stereocenters. The van der Waals surface area contributed by atoms with Crippen molar-refractivity contribution in [2.24, 2.45) is 0 Å². The molecule has 9 nitrogen and oxygen atoms in total. The molecule has 2 heterocycles. The van der Waals surface area contributed by atoms with Gasteiger partial charge >= 0.3 is 6.03 Å². The molecular formula is C20H24ClN5O4. The summed E-state index contributed by atoms with van der Waals surface area (Å²) in [5, 5.41) is 8.16. The predicted octanol–water partition coefficient (Wildman–Crippen LogP) is 1.52. The van der Waals surface area contributed by atoms with Crippen LogP contribution >= 0.6 is 11.6 Å². The van der Waals surface area contributed by atoms with Gasteiger partial charge in [0.15, 0.2) is 0 Å². The van der Waals surface area contributed by atoms with Crippen molar-refractivity contribution in [3.8, 4) is 0 Å². The maximum atomic E-state index is 12.2. The Morgan fingerprint density at radius 3 is 2.23 bits per heavy atom. The molecule has 4 amide bonds. The molecule has 10 heteroatoms. The van der Waals surface area contributed by atoms with Crippen LogP contribution < -0.4 is 16.0 Å². The van der Waals surface area contributed by atoms with Crippen LogP contribution in [0.5, 0.6) is 0 Å². The summed E-state index contributed by atoms with van der Waals surface area (Å²) >= 11 is 6.05. The van der Waals surface area contributed by atoms with Crippen LogP contribution in [0.3, 0.4) is 0 Å². The molecule has 0 atom stereocenters. The molecule has 30 heavy (non-hydrogen) atoms. The second-order valence-electron chi connectivity index (χ2n) is 6.89. The summed E-state index contributed by atoms with van der Waals surface area (Å²) in [5.74, 6) is 0.0895. The molecule has 2 aromatic rings. The van der Waals surface area contributed by atoms with E-state index in [9.17, 15) is 14.4 Å². The minimum absolute atomic E-state index is 0.119. The molecule has 0 spiro atoms. The van der Waals surface area contributed by atoms with Crippen LogP contribution in [-0.2, 0) is 16.1 Å². The first-order valence-electron chi connectivity index (χ1n) is 9.59. The van der Waals surface area contributed by atoms with E-state index in [1.54, 1.807) is 30.3 Å². The van der Waals surface area contributed by atoms with Crippen molar-refractivity contribution in [2.75, 3.05) is 44.6 Å². The minimum Gasteiger partial charge on any atom is -0.467 e. The van der Waals surface area contributed by atoms with Gasteiger partial charge in [0.05, 0.1) is 36.6 Å². The highest BCUT2D eigenvalue weighted by molar-refractivity contribution is 6.33. The zero-order valence-corrected chi connectivity index (χ0v) is 17.2. The summed E-state index contributed by atoms with van der Waals surface area (Å²) in [6.07, 6.45) is 1.51. The topological polar surface area (TPSA) is 107 Å². The minimum atomic E-state index is -0.564. The van der Waals surface area contributed by atoms with Gasteiger partial charge in [-0.3, -0.25) is 24.7 Å². The summed E-state index contributed by atoms with van der Waals surface area (Å²) in [5.41, 5.74) is 0.588. The van der Waals surface area contributed by atoms with E-state index in [4.69, 9.17) is 16.0 Å². The fourth-order valence-corrected chi connectivity index (χ4v) is 3.24. The van der Waals surface area contributed by atoms with Crippen LogP contribution in [0.1, 0.15) is 5.76 Å². The smallest absolute Gasteiger partial charge is 0.321 e. The molecule has 1 aromatic heterocycles. The molecule has 1 aliphatic rings. The van der Waals surface area contributed by atoms with Gasteiger partial charge in [-0.05, 0) is 24.3 Å². The lowest BCUT2D eigenvalue weighted by Gasteiger charge is -2.33. The average Bonchev–Trinajstić information content (AvgIpc) is 3.23. The molecule has 1 saturated heterocycles. The Morgan fingerprint density at radius 2 is 1.60 bits per heavy atom. The molecule has 0 radical (unpaired) electrons. The third-order valence-electron chi connectivity index (χ3n) is 4.60. The number of nitrogens with zero attached hydrogens (tertiary/aromatic N) is 2. The van der Waals surface area contributed by atoms with Crippen molar-refractivity contribution >= 4 is 35.1 Å². The lowest BCUT2D eigenvalue weighted by atomic mass is 10.3. The van der Waals surface area contributed by atoms with E-state index in [0.29, 0.717) is 42.6 Å². The standard InChI is InChI=1S/C20H24ClN5O4/c21-16-5-1-2-6-17(16)23-18(27)13-25-7-9-26(10-8-25)14-19(28)24-20(29)22-12-15-4-3-11-30-15/h1-6,11H,7-10,12-14H2,(H,23,27)(H2,22,24,28,29). The zero-order chi connectivity index (χ0) is 21.3. The van der Waals surface area contributed by atoms with Crippen molar-refractivity contribution < 1.29 is 18.8 Å². The second-order valence-corrected chi connectivity index (χ2v) is 7.30. The van der Waals surface area contributed by atoms with Gasteiger partial charge in [-0.15, -0.1) is 0 Å². The Balaban J connectivity index is 1.32. The summed E-state index contributed by atoms with van der Waals surface area (Å²) in [4.78, 5) is 40.0. The molecule has 0 aliphatic carbocycles. The molecule has 1 aliphatic heterocycles. The molecular weight excluding hydrogens is 410 g/mol. The van der Waals surface area contributed by atoms with Crippen molar-refractivity contribution in [3.63, 3.8) is 0 Å². The number of benzene rings is 1. The number of anilines is 1. The maximum absolute atomic E-state index is 12.2. The number of amides is 4. The number of para-hydroxylation sites is 1. The molecule has 3 rings (SSSR count). The monoisotopic (exact) mass is 433 g/mol. The first-order valence-corrected chi connectivity index (χ1v) is 9.96. The second kappa shape index (κ2) is 10.8. The van der Waals surface area contributed by atoms with Gasteiger partial charge in [0.25, 0.3) is 0 Å². The Labute approximate surface area is 179 Å². The van der Waals surface area contributed by atoms with E-state index in [1.807, 2.05) is 15.9 Å². The summed E-state index contributed by atoms with van der Waals surface area (Å²) in [7, 11) is 0. The van der Waals surface area contributed by atoms with Crippen LogP contribution in [0, 0.1) is 0 Å². The van der Waals surface area contributed by atoms with E-state index in [0.717, 1.165) is 0 Å². The lowest BCUT2D eigenvalue weighted by molar-refractivity contribution is -0.122. The molecule has 1 fully saturated rings. The summed E-state index contributed by atoms with van der Waals surface area (Å²) in [6, 6.07) is 9.97. The summed E-state index contributed by atoms with van der Waals surface area (Å²) in [6.45, 7) is 3.12. The number of carbonyl (C=O) groups is 3. The Hall–Kier alpha value is -2.88. The van der Waals surface area contributed by atoms with Crippen molar-refractivity contribution in [2.45, 2.75) is 6.54 Å². The Morgan fingerprint density at radius 1 is 0.933 bits per heavy atom. The molecule has 0 bridgehead atoms. The van der Waals surface area contributed by atoms with Gasteiger partial charge in [-0.2, -0.15) is 0 Å². The van der Waals surface area contributed by atoms with Gasteiger partial charge in [-0.25, -0.2) is 4.79 Å². The van der Waals surface area contributed by atoms with Crippen LogP contribution in [0.25, 0.3) is 0 Å². The fourth-order valence-electron chi connectivity index (χ4n) is 3.05. The van der Waals surface area contributed by atoms with Crippen molar-refractivity contribution in [3.05, 3.63) is 53.4 Å². The molecule has 0 saturated carbocycles. The largest absolute Gasteiger partial charge is 0.467 e. The molecule has 1 aromatic carbocycles. The number of furan rings is 1. The number of imide groups is 1. The van der Waals surface area contributed by atoms with Crippen LogP contribution in [0.4, 0.5) is 10.5 Å². The normalized spacial score (nSPS) is 14.8. The van der Waals surface area contributed by atoms with Gasteiger partial charge in [0, 0.05) is 26.2 Å².